The number of ketones is 1. The van der Waals surface area contributed by atoms with Crippen LogP contribution in [0.5, 0.6) is 0 Å². The van der Waals surface area contributed by atoms with E-state index < -0.39 is 0 Å². The monoisotopic (exact) mass is 218 g/mol. The highest BCUT2D eigenvalue weighted by Crippen LogP contribution is 2.52. The molecule has 0 saturated heterocycles. The van der Waals surface area contributed by atoms with Crippen molar-refractivity contribution in [2.75, 3.05) is 0 Å². The summed E-state index contributed by atoms with van der Waals surface area (Å²) < 4.78 is 0. The molecule has 0 aromatic rings. The second kappa shape index (κ2) is 4.57. The zero-order valence-electron chi connectivity index (χ0n) is 10.4. The molecule has 88 valence electrons. The molecule has 1 spiro atoms. The fourth-order valence-electron chi connectivity index (χ4n) is 3.74. The summed E-state index contributed by atoms with van der Waals surface area (Å²) in [7, 11) is 0. The number of rotatable bonds is 2. The Hall–Kier alpha value is -0.850. The molecule has 2 unspecified atom stereocenters. The summed E-state index contributed by atoms with van der Waals surface area (Å²) >= 11 is 0. The molecule has 16 heavy (non-hydrogen) atoms. The van der Waals surface area contributed by atoms with Crippen molar-refractivity contribution in [3.63, 3.8) is 0 Å². The van der Waals surface area contributed by atoms with E-state index in [0.29, 0.717) is 17.1 Å². The van der Waals surface area contributed by atoms with Crippen LogP contribution in [0.3, 0.4) is 0 Å². The predicted octanol–water partition coefficient (Wildman–Crippen LogP) is 3.90. The lowest BCUT2D eigenvalue weighted by Gasteiger charge is -2.41. The van der Waals surface area contributed by atoms with Gasteiger partial charge in [0.15, 0.2) is 5.78 Å². The number of allylic oxidation sites excluding steroid dienone is 4. The fraction of sp³-hybridized carbons (Fsp3) is 0.667. The van der Waals surface area contributed by atoms with Gasteiger partial charge in [-0.25, -0.2) is 0 Å². The van der Waals surface area contributed by atoms with Crippen molar-refractivity contribution in [3.05, 3.63) is 24.3 Å². The van der Waals surface area contributed by atoms with Gasteiger partial charge in [0, 0.05) is 5.92 Å². The van der Waals surface area contributed by atoms with Crippen molar-refractivity contribution >= 4 is 5.78 Å². The van der Waals surface area contributed by atoms with E-state index in [-0.39, 0.29) is 5.92 Å². The smallest absolute Gasteiger partial charge is 0.159 e. The van der Waals surface area contributed by atoms with Crippen LogP contribution in [0.2, 0.25) is 0 Å². The Balaban J connectivity index is 2.29. The van der Waals surface area contributed by atoms with Crippen molar-refractivity contribution < 1.29 is 4.79 Å². The second-order valence-electron chi connectivity index (χ2n) is 5.44. The van der Waals surface area contributed by atoms with Gasteiger partial charge in [-0.05, 0) is 43.6 Å². The minimum Gasteiger partial charge on any atom is -0.295 e. The Morgan fingerprint density at radius 2 is 2.06 bits per heavy atom. The highest BCUT2D eigenvalue weighted by Gasteiger charge is 2.46. The Kier molecular flexibility index (Phi) is 3.32. The quantitative estimate of drug-likeness (QED) is 0.507. The largest absolute Gasteiger partial charge is 0.295 e. The third-order valence-electron chi connectivity index (χ3n) is 4.39. The van der Waals surface area contributed by atoms with Crippen LogP contribution in [0, 0.1) is 17.3 Å². The van der Waals surface area contributed by atoms with Crippen molar-refractivity contribution in [2.24, 2.45) is 17.3 Å². The van der Waals surface area contributed by atoms with Gasteiger partial charge >= 0.3 is 0 Å². The third-order valence-corrected chi connectivity index (χ3v) is 4.39. The molecule has 0 aromatic heterocycles. The van der Waals surface area contributed by atoms with Crippen molar-refractivity contribution in [3.8, 4) is 0 Å². The van der Waals surface area contributed by atoms with Crippen LogP contribution in [0.15, 0.2) is 24.3 Å². The maximum absolute atomic E-state index is 12.2. The van der Waals surface area contributed by atoms with E-state index in [4.69, 9.17) is 0 Å². The molecule has 2 aliphatic carbocycles. The standard InChI is InChI=1S/C15H22O/c1-3-7-13(16)14-12(2)8-6-11-15(14)9-4-5-10-15/h3,6-8,12,14H,4-5,9-11H2,1-2H3/b7-3+. The summed E-state index contributed by atoms with van der Waals surface area (Å²) in [5.41, 5.74) is 0.296. The van der Waals surface area contributed by atoms with Gasteiger partial charge in [-0.1, -0.05) is 38.0 Å². The highest BCUT2D eigenvalue weighted by atomic mass is 16.1. The van der Waals surface area contributed by atoms with E-state index in [1.54, 1.807) is 6.08 Å². The molecule has 1 nitrogen and oxygen atoms in total. The maximum Gasteiger partial charge on any atom is 0.159 e. The Morgan fingerprint density at radius 3 is 2.69 bits per heavy atom. The number of hydrogen-bond acceptors (Lipinski definition) is 1. The number of hydrogen-bond donors (Lipinski definition) is 0. The van der Waals surface area contributed by atoms with Gasteiger partial charge in [0.1, 0.15) is 0 Å². The summed E-state index contributed by atoms with van der Waals surface area (Å²) in [6.07, 6.45) is 14.4. The average Bonchev–Trinajstić information content (AvgIpc) is 2.67. The Bertz CT molecular complexity index is 318. The average molecular weight is 218 g/mol. The van der Waals surface area contributed by atoms with E-state index in [2.05, 4.69) is 19.1 Å². The number of carbonyl (C=O) groups excluding carboxylic acids is 1. The molecule has 0 aromatic carbocycles. The number of carbonyl (C=O) groups is 1. The van der Waals surface area contributed by atoms with E-state index in [1.165, 1.54) is 25.7 Å². The first-order chi connectivity index (χ1) is 7.69. The topological polar surface area (TPSA) is 17.1 Å². The van der Waals surface area contributed by atoms with Gasteiger partial charge in [-0.15, -0.1) is 0 Å². The van der Waals surface area contributed by atoms with Crippen LogP contribution in [-0.2, 0) is 4.79 Å². The lowest BCUT2D eigenvalue weighted by molar-refractivity contribution is -0.124. The first-order valence-electron chi connectivity index (χ1n) is 6.53. The van der Waals surface area contributed by atoms with Gasteiger partial charge in [0.05, 0.1) is 0 Å². The molecule has 2 rings (SSSR count). The minimum atomic E-state index is 0.233. The molecule has 0 N–H and O–H groups in total. The molecule has 2 aliphatic rings. The predicted molar refractivity (Wildman–Crippen MR) is 67.1 cm³/mol. The molecule has 0 radical (unpaired) electrons. The summed E-state index contributed by atoms with van der Waals surface area (Å²) in [5, 5.41) is 0. The van der Waals surface area contributed by atoms with E-state index in [1.807, 2.05) is 13.0 Å². The molecule has 0 amide bonds. The lowest BCUT2D eigenvalue weighted by atomic mass is 9.62. The first-order valence-corrected chi connectivity index (χ1v) is 6.53. The van der Waals surface area contributed by atoms with E-state index in [0.717, 1.165) is 6.42 Å². The summed E-state index contributed by atoms with van der Waals surface area (Å²) in [5.74, 6) is 0.994. The van der Waals surface area contributed by atoms with Gasteiger partial charge in [0.2, 0.25) is 0 Å². The molecule has 0 heterocycles. The van der Waals surface area contributed by atoms with E-state index in [9.17, 15) is 4.79 Å². The Labute approximate surface area is 98.6 Å². The van der Waals surface area contributed by atoms with Gasteiger partial charge in [-0.3, -0.25) is 4.79 Å². The van der Waals surface area contributed by atoms with Crippen LogP contribution in [0.1, 0.15) is 46.0 Å². The molecular formula is C15H22O. The molecule has 1 fully saturated rings. The van der Waals surface area contributed by atoms with E-state index >= 15 is 0 Å². The normalized spacial score (nSPS) is 32.6. The molecule has 2 atom stereocenters. The summed E-state index contributed by atoms with van der Waals surface area (Å²) in [6.45, 7) is 4.13. The highest BCUT2D eigenvalue weighted by molar-refractivity contribution is 5.92. The van der Waals surface area contributed by atoms with Crippen LogP contribution in [0.25, 0.3) is 0 Å². The fourth-order valence-corrected chi connectivity index (χ4v) is 3.74. The molecular weight excluding hydrogens is 196 g/mol. The first kappa shape index (κ1) is 11.6. The van der Waals surface area contributed by atoms with Crippen molar-refractivity contribution in [1.82, 2.24) is 0 Å². The third kappa shape index (κ3) is 1.88. The van der Waals surface area contributed by atoms with Gasteiger partial charge < -0.3 is 0 Å². The van der Waals surface area contributed by atoms with Crippen LogP contribution in [-0.4, -0.2) is 5.78 Å². The van der Waals surface area contributed by atoms with Crippen LogP contribution in [0.4, 0.5) is 0 Å². The van der Waals surface area contributed by atoms with Gasteiger partial charge in [0.25, 0.3) is 0 Å². The molecule has 0 bridgehead atoms. The Morgan fingerprint density at radius 1 is 1.38 bits per heavy atom. The summed E-state index contributed by atoms with van der Waals surface area (Å²) in [4.78, 5) is 12.2. The summed E-state index contributed by atoms with van der Waals surface area (Å²) in [6, 6.07) is 0. The minimum absolute atomic E-state index is 0.233. The molecule has 1 saturated carbocycles. The molecule has 0 aliphatic heterocycles. The van der Waals surface area contributed by atoms with Crippen LogP contribution >= 0.6 is 0 Å². The SMILES string of the molecule is C/C=C/C(=O)C1C(C)C=CCC12CCCC2. The molecule has 1 heteroatoms. The van der Waals surface area contributed by atoms with Crippen molar-refractivity contribution in [2.45, 2.75) is 46.0 Å². The maximum atomic E-state index is 12.2. The second-order valence-corrected chi connectivity index (χ2v) is 5.44. The van der Waals surface area contributed by atoms with Crippen molar-refractivity contribution in [1.29, 1.82) is 0 Å². The zero-order chi connectivity index (χ0) is 11.6. The van der Waals surface area contributed by atoms with Gasteiger partial charge in [-0.2, -0.15) is 0 Å². The van der Waals surface area contributed by atoms with Crippen LogP contribution < -0.4 is 0 Å². The zero-order valence-corrected chi connectivity index (χ0v) is 10.4. The lowest BCUT2D eigenvalue weighted by Crippen LogP contribution is -2.38.